The van der Waals surface area contributed by atoms with Crippen molar-refractivity contribution in [3.05, 3.63) is 61.1 Å². The van der Waals surface area contributed by atoms with Crippen molar-refractivity contribution in [1.82, 2.24) is 14.4 Å². The number of imidazole rings is 1. The molecule has 9 heteroatoms. The Bertz CT molecular complexity index is 1330. The first kappa shape index (κ1) is 20.8. The van der Waals surface area contributed by atoms with Gasteiger partial charge in [-0.05, 0) is 56.3 Å². The summed E-state index contributed by atoms with van der Waals surface area (Å²) in [6, 6.07) is 13.0. The predicted octanol–water partition coefficient (Wildman–Crippen LogP) is 3.62. The van der Waals surface area contributed by atoms with Crippen LogP contribution in [0.15, 0.2) is 61.1 Å². The highest BCUT2D eigenvalue weighted by atomic mass is 16.5. The standard InChI is InChI=1S/C24H23N5O4/c1-24(2,31)14-33-17-6-4-16(5-7-17)26-22-23-25-9-10-29(23)12-19(28-22)15-3-8-20-18(11-15)27-21(30)13-32-20/h3-12,31H,13-14H2,1-2H3,(H,26,28)(H,27,30). The molecule has 3 heterocycles. The number of aliphatic hydroxyl groups is 1. The maximum absolute atomic E-state index is 11.7. The lowest BCUT2D eigenvalue weighted by Gasteiger charge is -2.19. The van der Waals surface area contributed by atoms with E-state index in [1.807, 2.05) is 59.3 Å². The number of aromatic nitrogens is 3. The molecule has 1 amide bonds. The van der Waals surface area contributed by atoms with Gasteiger partial charge in [0.2, 0.25) is 0 Å². The zero-order valence-corrected chi connectivity index (χ0v) is 18.2. The highest BCUT2D eigenvalue weighted by Crippen LogP contribution is 2.33. The number of carbonyl (C=O) groups is 1. The molecule has 4 aromatic rings. The lowest BCUT2D eigenvalue weighted by molar-refractivity contribution is -0.118. The van der Waals surface area contributed by atoms with Crippen molar-refractivity contribution in [2.45, 2.75) is 19.4 Å². The minimum atomic E-state index is -0.904. The molecule has 33 heavy (non-hydrogen) atoms. The Kier molecular flexibility index (Phi) is 5.10. The smallest absolute Gasteiger partial charge is 0.262 e. The third-order valence-electron chi connectivity index (χ3n) is 4.99. The lowest BCUT2D eigenvalue weighted by Crippen LogP contribution is -2.27. The minimum absolute atomic E-state index is 0.0151. The average Bonchev–Trinajstić information content (AvgIpc) is 3.27. The van der Waals surface area contributed by atoms with Gasteiger partial charge in [0.1, 0.15) is 18.1 Å². The highest BCUT2D eigenvalue weighted by Gasteiger charge is 2.18. The maximum atomic E-state index is 11.7. The molecule has 1 aliphatic rings. The summed E-state index contributed by atoms with van der Waals surface area (Å²) in [6.45, 7) is 3.60. The number of nitrogens with one attached hydrogen (secondary N) is 2. The number of fused-ring (bicyclic) bond motifs is 2. The average molecular weight is 445 g/mol. The summed E-state index contributed by atoms with van der Waals surface area (Å²) in [5.41, 5.74) is 2.73. The van der Waals surface area contributed by atoms with Crippen molar-refractivity contribution in [2.75, 3.05) is 23.8 Å². The molecule has 0 radical (unpaired) electrons. The van der Waals surface area contributed by atoms with E-state index in [9.17, 15) is 9.90 Å². The quantitative estimate of drug-likeness (QED) is 0.416. The molecule has 0 aliphatic carbocycles. The first-order valence-electron chi connectivity index (χ1n) is 10.5. The van der Waals surface area contributed by atoms with Crippen molar-refractivity contribution >= 4 is 28.7 Å². The van der Waals surface area contributed by atoms with E-state index in [-0.39, 0.29) is 19.1 Å². The molecular formula is C24H23N5O4. The van der Waals surface area contributed by atoms with Crippen LogP contribution in [0.3, 0.4) is 0 Å². The molecule has 0 spiro atoms. The Hall–Kier alpha value is -4.11. The predicted molar refractivity (Wildman–Crippen MR) is 124 cm³/mol. The van der Waals surface area contributed by atoms with E-state index in [1.54, 1.807) is 20.0 Å². The van der Waals surface area contributed by atoms with E-state index >= 15 is 0 Å². The number of nitrogens with zero attached hydrogens (tertiary/aromatic N) is 3. The topological polar surface area (TPSA) is 110 Å². The number of ether oxygens (including phenoxy) is 2. The molecule has 0 saturated heterocycles. The second-order valence-electron chi connectivity index (χ2n) is 8.43. The second kappa shape index (κ2) is 8.10. The van der Waals surface area contributed by atoms with Crippen LogP contribution in [0.25, 0.3) is 16.9 Å². The summed E-state index contributed by atoms with van der Waals surface area (Å²) >= 11 is 0. The number of hydrogen-bond donors (Lipinski definition) is 3. The van der Waals surface area contributed by atoms with Crippen molar-refractivity contribution in [1.29, 1.82) is 0 Å². The largest absolute Gasteiger partial charge is 0.491 e. The van der Waals surface area contributed by atoms with Crippen LogP contribution in [0.5, 0.6) is 11.5 Å². The van der Waals surface area contributed by atoms with Crippen LogP contribution in [0.2, 0.25) is 0 Å². The van der Waals surface area contributed by atoms with Gasteiger partial charge in [-0.3, -0.25) is 4.79 Å². The number of rotatable bonds is 6. The molecule has 0 atom stereocenters. The van der Waals surface area contributed by atoms with Crippen molar-refractivity contribution < 1.29 is 19.4 Å². The fourth-order valence-corrected chi connectivity index (χ4v) is 3.43. The minimum Gasteiger partial charge on any atom is -0.491 e. The molecule has 2 aromatic carbocycles. The third-order valence-corrected chi connectivity index (χ3v) is 4.99. The maximum Gasteiger partial charge on any atom is 0.262 e. The van der Waals surface area contributed by atoms with Crippen LogP contribution in [0.1, 0.15) is 13.8 Å². The van der Waals surface area contributed by atoms with Gasteiger partial charge in [-0.15, -0.1) is 0 Å². The Morgan fingerprint density at radius 1 is 1.24 bits per heavy atom. The van der Waals surface area contributed by atoms with Crippen molar-refractivity contribution in [3.8, 4) is 22.8 Å². The first-order valence-corrected chi connectivity index (χ1v) is 10.5. The van der Waals surface area contributed by atoms with Gasteiger partial charge in [-0.25, -0.2) is 9.97 Å². The Balaban J connectivity index is 1.43. The molecule has 0 bridgehead atoms. The summed E-state index contributed by atoms with van der Waals surface area (Å²) in [5.74, 6) is 1.69. The molecule has 9 nitrogen and oxygen atoms in total. The number of hydrogen-bond acceptors (Lipinski definition) is 7. The normalized spacial score (nSPS) is 13.2. The van der Waals surface area contributed by atoms with Crippen LogP contribution in [-0.4, -0.2) is 44.2 Å². The van der Waals surface area contributed by atoms with Gasteiger partial charge < -0.3 is 29.6 Å². The van der Waals surface area contributed by atoms with Gasteiger partial charge in [-0.2, -0.15) is 0 Å². The van der Waals surface area contributed by atoms with E-state index in [2.05, 4.69) is 15.6 Å². The van der Waals surface area contributed by atoms with E-state index in [0.29, 0.717) is 34.3 Å². The Labute approximate surface area is 190 Å². The zero-order valence-electron chi connectivity index (χ0n) is 18.2. The van der Waals surface area contributed by atoms with Crippen molar-refractivity contribution in [3.63, 3.8) is 0 Å². The number of carbonyl (C=O) groups excluding carboxylic acids is 1. The van der Waals surface area contributed by atoms with Crippen LogP contribution in [0, 0.1) is 0 Å². The molecule has 1 aliphatic heterocycles. The van der Waals surface area contributed by atoms with Gasteiger partial charge in [0.05, 0.1) is 17.0 Å². The molecule has 2 aromatic heterocycles. The molecule has 0 saturated carbocycles. The lowest BCUT2D eigenvalue weighted by atomic mass is 10.1. The SMILES string of the molecule is CC(C)(O)COc1ccc(Nc2nc(-c3ccc4c(c3)NC(=O)CO4)cn3ccnc23)cc1. The van der Waals surface area contributed by atoms with Crippen LogP contribution >= 0.6 is 0 Å². The van der Waals surface area contributed by atoms with E-state index in [1.165, 1.54) is 0 Å². The summed E-state index contributed by atoms with van der Waals surface area (Å²) in [4.78, 5) is 20.9. The monoisotopic (exact) mass is 445 g/mol. The number of anilines is 3. The fourth-order valence-electron chi connectivity index (χ4n) is 3.43. The molecule has 168 valence electrons. The van der Waals surface area contributed by atoms with E-state index in [0.717, 1.165) is 11.3 Å². The third kappa shape index (κ3) is 4.58. The van der Waals surface area contributed by atoms with Crippen molar-refractivity contribution in [2.24, 2.45) is 0 Å². The molecule has 0 fully saturated rings. The van der Waals surface area contributed by atoms with Crippen LogP contribution in [-0.2, 0) is 4.79 Å². The number of benzene rings is 2. The fraction of sp³-hybridized carbons (Fsp3) is 0.208. The Morgan fingerprint density at radius 2 is 2.06 bits per heavy atom. The zero-order chi connectivity index (χ0) is 23.0. The Morgan fingerprint density at radius 3 is 2.85 bits per heavy atom. The van der Waals surface area contributed by atoms with Gasteiger partial charge in [0, 0.05) is 29.8 Å². The summed E-state index contributed by atoms with van der Waals surface area (Å²) in [7, 11) is 0. The first-order chi connectivity index (χ1) is 15.8. The van der Waals surface area contributed by atoms with Gasteiger partial charge in [0.25, 0.3) is 5.91 Å². The summed E-state index contributed by atoms with van der Waals surface area (Å²) in [6.07, 6.45) is 5.44. The highest BCUT2D eigenvalue weighted by molar-refractivity contribution is 5.96. The van der Waals surface area contributed by atoms with Gasteiger partial charge >= 0.3 is 0 Å². The number of amides is 1. The van der Waals surface area contributed by atoms with Crippen LogP contribution < -0.4 is 20.1 Å². The second-order valence-corrected chi connectivity index (χ2v) is 8.43. The molecule has 5 rings (SSSR count). The summed E-state index contributed by atoms with van der Waals surface area (Å²) in [5, 5.41) is 16.0. The molecule has 3 N–H and O–H groups in total. The summed E-state index contributed by atoms with van der Waals surface area (Å²) < 4.78 is 13.0. The molecule has 0 unspecified atom stereocenters. The van der Waals surface area contributed by atoms with E-state index in [4.69, 9.17) is 14.5 Å². The van der Waals surface area contributed by atoms with Crippen LogP contribution in [0.4, 0.5) is 17.2 Å². The van der Waals surface area contributed by atoms with E-state index < -0.39 is 5.60 Å². The van der Waals surface area contributed by atoms with Gasteiger partial charge in [0.15, 0.2) is 18.1 Å². The van der Waals surface area contributed by atoms with Gasteiger partial charge in [-0.1, -0.05) is 0 Å². The molecular weight excluding hydrogens is 422 g/mol.